The van der Waals surface area contributed by atoms with Crippen LogP contribution in [0.5, 0.6) is 5.75 Å². The van der Waals surface area contributed by atoms with E-state index in [4.69, 9.17) is 39.5 Å². The molecule has 3 aromatic carbocycles. The lowest BCUT2D eigenvalue weighted by Crippen LogP contribution is -2.51. The molecule has 1 atom stereocenters. The summed E-state index contributed by atoms with van der Waals surface area (Å²) in [6.07, 6.45) is 1.67. The minimum absolute atomic E-state index is 0.00377. The molecule has 0 unspecified atom stereocenters. The topological polar surface area (TPSA) is 96.0 Å². The Bertz CT molecular complexity index is 1470. The highest BCUT2D eigenvalue weighted by Crippen LogP contribution is 2.28. The molecule has 0 saturated heterocycles. The van der Waals surface area contributed by atoms with Gasteiger partial charge in [-0.05, 0) is 86.5 Å². The van der Waals surface area contributed by atoms with Gasteiger partial charge in [0.2, 0.25) is 11.8 Å². The lowest BCUT2D eigenvalue weighted by Gasteiger charge is -2.32. The van der Waals surface area contributed by atoms with Crippen molar-refractivity contribution in [2.45, 2.75) is 51.1 Å². The van der Waals surface area contributed by atoms with E-state index in [2.05, 4.69) is 5.32 Å². The number of rotatable bonds is 14. The van der Waals surface area contributed by atoms with Crippen LogP contribution in [0, 0.1) is 0 Å². The number of hydrogen-bond donors (Lipinski definition) is 1. The van der Waals surface area contributed by atoms with Crippen molar-refractivity contribution in [3.8, 4) is 5.75 Å². The normalized spacial score (nSPS) is 12.0. The van der Waals surface area contributed by atoms with Crippen molar-refractivity contribution in [2.75, 3.05) is 24.0 Å². The number of hydrogen-bond acceptors (Lipinski definition) is 5. The van der Waals surface area contributed by atoms with Crippen LogP contribution in [0.25, 0.3) is 0 Å². The number of nitrogens with one attached hydrogen (secondary N) is 1. The number of halogens is 3. The van der Waals surface area contributed by atoms with E-state index in [1.165, 1.54) is 29.2 Å². The zero-order chi connectivity index (χ0) is 30.9. The van der Waals surface area contributed by atoms with Crippen molar-refractivity contribution in [1.29, 1.82) is 0 Å². The monoisotopic (exact) mass is 653 g/mol. The Morgan fingerprint density at radius 3 is 2.19 bits per heavy atom. The number of amides is 2. The van der Waals surface area contributed by atoms with Crippen LogP contribution < -0.4 is 14.4 Å². The maximum absolute atomic E-state index is 14.0. The molecule has 0 heterocycles. The van der Waals surface area contributed by atoms with Crippen molar-refractivity contribution in [1.82, 2.24) is 10.2 Å². The van der Waals surface area contributed by atoms with E-state index in [0.29, 0.717) is 39.5 Å². The van der Waals surface area contributed by atoms with Crippen LogP contribution in [0.15, 0.2) is 71.6 Å². The second-order valence-corrected chi connectivity index (χ2v) is 12.6. The number of unbranched alkanes of at least 4 members (excludes halogenated alkanes) is 1. The minimum Gasteiger partial charge on any atom is -0.494 e. The van der Waals surface area contributed by atoms with Gasteiger partial charge in [0, 0.05) is 18.1 Å². The fraction of sp³-hybridized carbons (Fsp3) is 0.333. The van der Waals surface area contributed by atoms with Gasteiger partial charge in [0.15, 0.2) is 0 Å². The Kier molecular flexibility index (Phi) is 12.4. The van der Waals surface area contributed by atoms with E-state index in [-0.39, 0.29) is 23.0 Å². The van der Waals surface area contributed by atoms with Crippen LogP contribution in [0.2, 0.25) is 15.1 Å². The summed E-state index contributed by atoms with van der Waals surface area (Å²) in [5.41, 5.74) is 0.871. The summed E-state index contributed by atoms with van der Waals surface area (Å²) in [4.78, 5) is 28.4. The highest BCUT2D eigenvalue weighted by atomic mass is 35.5. The molecular formula is C30H34Cl3N3O5S. The van der Waals surface area contributed by atoms with Gasteiger partial charge in [-0.3, -0.25) is 13.9 Å². The maximum atomic E-state index is 14.0. The van der Waals surface area contributed by atoms with Gasteiger partial charge in [-0.2, -0.15) is 0 Å². The lowest BCUT2D eigenvalue weighted by atomic mass is 10.1. The molecule has 2 amide bonds. The fourth-order valence-electron chi connectivity index (χ4n) is 4.09. The van der Waals surface area contributed by atoms with Crippen molar-refractivity contribution < 1.29 is 22.7 Å². The highest BCUT2D eigenvalue weighted by molar-refractivity contribution is 7.92. The molecule has 226 valence electrons. The first-order chi connectivity index (χ1) is 20.0. The molecule has 8 nitrogen and oxygen atoms in total. The van der Waals surface area contributed by atoms with Crippen LogP contribution in [0.1, 0.15) is 39.2 Å². The number of nitrogens with zero attached hydrogens (tertiary/aromatic N) is 2. The Morgan fingerprint density at radius 1 is 0.929 bits per heavy atom. The fourth-order valence-corrected chi connectivity index (χ4v) is 5.95. The first-order valence-corrected chi connectivity index (χ1v) is 16.1. The van der Waals surface area contributed by atoms with Gasteiger partial charge in [-0.15, -0.1) is 0 Å². The van der Waals surface area contributed by atoms with Crippen LogP contribution in [-0.2, 0) is 26.2 Å². The number of carbonyl (C=O) groups excluding carboxylic acids is 2. The summed E-state index contributed by atoms with van der Waals surface area (Å²) in [5, 5.41) is 3.86. The number of anilines is 1. The average Bonchev–Trinajstić information content (AvgIpc) is 2.97. The molecule has 3 aromatic rings. The molecule has 0 aromatic heterocycles. The van der Waals surface area contributed by atoms with Crippen LogP contribution in [0.4, 0.5) is 5.69 Å². The molecule has 0 fully saturated rings. The van der Waals surface area contributed by atoms with Gasteiger partial charge in [-0.25, -0.2) is 8.42 Å². The van der Waals surface area contributed by atoms with E-state index in [9.17, 15) is 18.0 Å². The standard InChI is InChI=1S/C30H34Cl3N3O5S/c1-4-6-17-34-30(38)21(3)35(19-22-7-16-27(32)28(33)18-22)29(37)20-36(24-10-12-25(13-11-24)41-5-2)42(39,40)26-14-8-23(31)9-15-26/h7-16,18,21H,4-6,17,19-20H2,1-3H3,(H,34,38)/t21-/m1/s1. The first kappa shape index (κ1) is 33.5. The highest BCUT2D eigenvalue weighted by Gasteiger charge is 2.32. The average molecular weight is 655 g/mol. The molecule has 0 aliphatic heterocycles. The SMILES string of the molecule is CCCCNC(=O)[C@@H](C)N(Cc1ccc(Cl)c(Cl)c1)C(=O)CN(c1ccc(OCC)cc1)S(=O)(=O)c1ccc(Cl)cc1. The molecule has 0 bridgehead atoms. The van der Waals surface area contributed by atoms with E-state index < -0.39 is 28.5 Å². The van der Waals surface area contributed by atoms with E-state index in [1.54, 1.807) is 49.4 Å². The van der Waals surface area contributed by atoms with Gasteiger partial charge < -0.3 is 15.0 Å². The first-order valence-electron chi connectivity index (χ1n) is 13.5. The molecule has 0 aliphatic rings. The third-order valence-corrected chi connectivity index (χ3v) is 9.23. The second kappa shape index (κ2) is 15.5. The van der Waals surface area contributed by atoms with Crippen molar-refractivity contribution >= 4 is 62.3 Å². The van der Waals surface area contributed by atoms with Crippen LogP contribution in [-0.4, -0.2) is 50.9 Å². The van der Waals surface area contributed by atoms with Gasteiger partial charge in [-0.1, -0.05) is 54.2 Å². The number of ether oxygens (including phenoxy) is 1. The van der Waals surface area contributed by atoms with Crippen molar-refractivity contribution in [3.05, 3.63) is 87.4 Å². The van der Waals surface area contributed by atoms with Crippen LogP contribution >= 0.6 is 34.8 Å². The summed E-state index contributed by atoms with van der Waals surface area (Å²) in [5.74, 6) is -0.397. The van der Waals surface area contributed by atoms with Crippen molar-refractivity contribution in [3.63, 3.8) is 0 Å². The lowest BCUT2D eigenvalue weighted by molar-refractivity contribution is -0.139. The Balaban J connectivity index is 2.02. The van der Waals surface area contributed by atoms with Gasteiger partial charge in [0.1, 0.15) is 18.3 Å². The summed E-state index contributed by atoms with van der Waals surface area (Å²) in [7, 11) is -4.23. The van der Waals surface area contributed by atoms with E-state index in [0.717, 1.165) is 17.1 Å². The largest absolute Gasteiger partial charge is 0.494 e. The molecule has 42 heavy (non-hydrogen) atoms. The number of sulfonamides is 1. The minimum atomic E-state index is -4.23. The second-order valence-electron chi connectivity index (χ2n) is 9.48. The molecule has 0 saturated carbocycles. The van der Waals surface area contributed by atoms with Gasteiger partial charge >= 0.3 is 0 Å². The van der Waals surface area contributed by atoms with E-state index >= 15 is 0 Å². The molecule has 0 aliphatic carbocycles. The number of benzene rings is 3. The third-order valence-electron chi connectivity index (χ3n) is 6.45. The van der Waals surface area contributed by atoms with Crippen molar-refractivity contribution in [2.24, 2.45) is 0 Å². The summed E-state index contributed by atoms with van der Waals surface area (Å²) < 4.78 is 34.3. The predicted molar refractivity (Wildman–Crippen MR) is 168 cm³/mol. The van der Waals surface area contributed by atoms with Gasteiger partial charge in [0.25, 0.3) is 10.0 Å². The third kappa shape index (κ3) is 8.77. The zero-order valence-corrected chi connectivity index (χ0v) is 26.7. The molecule has 1 N–H and O–H groups in total. The Labute approximate surface area is 262 Å². The smallest absolute Gasteiger partial charge is 0.264 e. The maximum Gasteiger partial charge on any atom is 0.264 e. The molecular weight excluding hydrogens is 621 g/mol. The summed E-state index contributed by atoms with van der Waals surface area (Å²) in [6, 6.07) is 16.1. The molecule has 3 rings (SSSR count). The summed E-state index contributed by atoms with van der Waals surface area (Å²) >= 11 is 18.3. The molecule has 0 spiro atoms. The Hall–Kier alpha value is -2.98. The molecule has 0 radical (unpaired) electrons. The summed E-state index contributed by atoms with van der Waals surface area (Å²) in [6.45, 7) is 5.76. The quantitative estimate of drug-likeness (QED) is 0.198. The van der Waals surface area contributed by atoms with Crippen LogP contribution in [0.3, 0.4) is 0 Å². The Morgan fingerprint density at radius 2 is 1.60 bits per heavy atom. The number of carbonyl (C=O) groups is 2. The predicted octanol–water partition coefficient (Wildman–Crippen LogP) is 6.57. The van der Waals surface area contributed by atoms with E-state index in [1.807, 2.05) is 13.8 Å². The zero-order valence-electron chi connectivity index (χ0n) is 23.6. The van der Waals surface area contributed by atoms with Gasteiger partial charge in [0.05, 0.1) is 27.2 Å². The molecule has 12 heteroatoms.